The van der Waals surface area contributed by atoms with Crippen LogP contribution in [-0.4, -0.2) is 34.1 Å². The van der Waals surface area contributed by atoms with Gasteiger partial charge in [-0.3, -0.25) is 4.68 Å². The molecule has 1 atom stereocenters. The monoisotopic (exact) mass is 291 g/mol. The van der Waals surface area contributed by atoms with Crippen molar-refractivity contribution in [3.63, 3.8) is 0 Å². The quantitative estimate of drug-likeness (QED) is 0.844. The summed E-state index contributed by atoms with van der Waals surface area (Å²) in [6, 6.07) is 3.67. The van der Waals surface area contributed by atoms with Crippen LogP contribution in [0.3, 0.4) is 0 Å². The molecule has 0 aliphatic rings. The van der Waals surface area contributed by atoms with Gasteiger partial charge in [0.25, 0.3) is 0 Å². The van der Waals surface area contributed by atoms with Gasteiger partial charge in [-0.2, -0.15) is 5.10 Å². The van der Waals surface area contributed by atoms with E-state index in [1.165, 1.54) is 0 Å². The minimum atomic E-state index is -0.691. The number of hydrogen-bond acceptors (Lipinski definition) is 5. The number of aryl methyl sites for hydroxylation is 1. The van der Waals surface area contributed by atoms with E-state index >= 15 is 0 Å². The third kappa shape index (κ3) is 3.52. The van der Waals surface area contributed by atoms with Crippen LogP contribution in [0.25, 0.3) is 0 Å². The van der Waals surface area contributed by atoms with Crippen molar-refractivity contribution in [2.24, 2.45) is 0 Å². The third-order valence-corrected chi connectivity index (χ3v) is 3.25. The number of aromatic nitrogens is 3. The average molecular weight is 291 g/mol. The first-order valence-corrected chi connectivity index (χ1v) is 6.96. The fourth-order valence-electron chi connectivity index (χ4n) is 2.23. The van der Waals surface area contributed by atoms with E-state index < -0.39 is 6.10 Å². The topological polar surface area (TPSA) is 69.4 Å². The van der Waals surface area contributed by atoms with Gasteiger partial charge >= 0.3 is 0 Å². The van der Waals surface area contributed by atoms with Crippen LogP contribution in [0.2, 0.25) is 0 Å². The van der Waals surface area contributed by atoms with Gasteiger partial charge in [0.2, 0.25) is 5.88 Å². The summed E-state index contributed by atoms with van der Waals surface area (Å²) in [6.45, 7) is 2.81. The molecular formula is C15H21N3O3. The molecule has 0 aromatic carbocycles. The van der Waals surface area contributed by atoms with Gasteiger partial charge in [0.05, 0.1) is 20.4 Å². The van der Waals surface area contributed by atoms with Crippen LogP contribution in [0.15, 0.2) is 24.5 Å². The Bertz CT molecular complexity index is 566. The first-order valence-electron chi connectivity index (χ1n) is 6.96. The molecule has 0 aliphatic carbocycles. The highest BCUT2D eigenvalue weighted by Crippen LogP contribution is 2.27. The molecule has 0 aliphatic heterocycles. The van der Waals surface area contributed by atoms with Crippen molar-refractivity contribution in [1.82, 2.24) is 14.8 Å². The molecular weight excluding hydrogens is 270 g/mol. The number of hydrogen-bond donors (Lipinski definition) is 1. The van der Waals surface area contributed by atoms with Crippen LogP contribution in [0.4, 0.5) is 0 Å². The predicted molar refractivity (Wildman–Crippen MR) is 78.5 cm³/mol. The minimum absolute atomic E-state index is 0.447. The highest BCUT2D eigenvalue weighted by molar-refractivity contribution is 5.29. The highest BCUT2D eigenvalue weighted by atomic mass is 16.5. The lowest BCUT2D eigenvalue weighted by atomic mass is 10.1. The number of aliphatic hydroxyl groups excluding tert-OH is 1. The minimum Gasteiger partial charge on any atom is -0.493 e. The number of rotatable bonds is 7. The van der Waals surface area contributed by atoms with Gasteiger partial charge in [-0.1, -0.05) is 13.0 Å². The van der Waals surface area contributed by atoms with E-state index in [-0.39, 0.29) is 0 Å². The van der Waals surface area contributed by atoms with Crippen LogP contribution in [-0.2, 0) is 13.0 Å². The van der Waals surface area contributed by atoms with Gasteiger partial charge in [-0.05, 0) is 12.0 Å². The van der Waals surface area contributed by atoms with Crippen molar-refractivity contribution in [3.05, 3.63) is 35.8 Å². The molecule has 2 heterocycles. The summed E-state index contributed by atoms with van der Waals surface area (Å²) in [5, 5.41) is 14.8. The van der Waals surface area contributed by atoms with Crippen LogP contribution in [0, 0.1) is 0 Å². The first-order chi connectivity index (χ1) is 10.2. The molecule has 2 aromatic heterocycles. The normalized spacial score (nSPS) is 12.2. The third-order valence-electron chi connectivity index (χ3n) is 3.25. The zero-order chi connectivity index (χ0) is 15.2. The second-order valence-electron chi connectivity index (χ2n) is 4.75. The zero-order valence-corrected chi connectivity index (χ0v) is 12.6. The second kappa shape index (κ2) is 7.08. The number of nitrogens with zero attached hydrogens (tertiary/aromatic N) is 3. The van der Waals surface area contributed by atoms with Crippen LogP contribution >= 0.6 is 0 Å². The largest absolute Gasteiger partial charge is 0.493 e. The molecule has 6 nitrogen and oxygen atoms in total. The zero-order valence-electron chi connectivity index (χ0n) is 12.6. The van der Waals surface area contributed by atoms with Crippen molar-refractivity contribution in [2.45, 2.75) is 32.4 Å². The molecule has 1 N–H and O–H groups in total. The van der Waals surface area contributed by atoms with Gasteiger partial charge in [0.15, 0.2) is 5.75 Å². The van der Waals surface area contributed by atoms with Gasteiger partial charge in [-0.25, -0.2) is 4.98 Å². The maximum atomic E-state index is 10.5. The first kappa shape index (κ1) is 15.3. The van der Waals surface area contributed by atoms with E-state index in [0.29, 0.717) is 23.7 Å². The van der Waals surface area contributed by atoms with Crippen molar-refractivity contribution < 1.29 is 14.6 Å². The lowest BCUT2D eigenvalue weighted by molar-refractivity contribution is 0.162. The molecule has 2 rings (SSSR count). The summed E-state index contributed by atoms with van der Waals surface area (Å²) < 4.78 is 12.1. The predicted octanol–water partition coefficient (Wildman–Crippen LogP) is 1.98. The second-order valence-corrected chi connectivity index (χ2v) is 4.75. The van der Waals surface area contributed by atoms with E-state index in [1.807, 2.05) is 6.07 Å². The van der Waals surface area contributed by atoms with Crippen molar-refractivity contribution in [2.75, 3.05) is 14.2 Å². The molecule has 0 saturated heterocycles. The van der Waals surface area contributed by atoms with Gasteiger partial charge in [-0.15, -0.1) is 0 Å². The summed E-state index contributed by atoms with van der Waals surface area (Å²) in [7, 11) is 3.16. The average Bonchev–Trinajstić information content (AvgIpc) is 2.91. The molecule has 0 saturated carbocycles. The van der Waals surface area contributed by atoms with Gasteiger partial charge < -0.3 is 14.6 Å². The molecule has 0 amide bonds. The smallest absolute Gasteiger partial charge is 0.212 e. The number of pyridine rings is 1. The molecule has 6 heteroatoms. The number of ether oxygens (including phenoxy) is 2. The molecule has 2 aromatic rings. The summed E-state index contributed by atoms with van der Waals surface area (Å²) >= 11 is 0. The maximum absolute atomic E-state index is 10.5. The lowest BCUT2D eigenvalue weighted by Gasteiger charge is -2.15. The Hall–Kier alpha value is -2.08. The lowest BCUT2D eigenvalue weighted by Crippen LogP contribution is -2.12. The van der Waals surface area contributed by atoms with Gasteiger partial charge in [0.1, 0.15) is 11.8 Å². The Balaban J connectivity index is 2.18. The summed E-state index contributed by atoms with van der Waals surface area (Å²) in [5.74, 6) is 1.17. The van der Waals surface area contributed by atoms with Crippen molar-refractivity contribution in [3.8, 4) is 11.6 Å². The Labute approximate surface area is 124 Å². The van der Waals surface area contributed by atoms with Crippen molar-refractivity contribution in [1.29, 1.82) is 0 Å². The molecule has 0 bridgehead atoms. The fraction of sp³-hybridized carbons (Fsp3) is 0.467. The number of methoxy groups -OCH3 is 2. The molecule has 1 unspecified atom stereocenters. The molecule has 21 heavy (non-hydrogen) atoms. The van der Waals surface area contributed by atoms with Crippen molar-refractivity contribution >= 4 is 0 Å². The Morgan fingerprint density at radius 2 is 2.05 bits per heavy atom. The van der Waals surface area contributed by atoms with E-state index in [1.54, 1.807) is 37.4 Å². The fourth-order valence-corrected chi connectivity index (χ4v) is 2.23. The Morgan fingerprint density at radius 1 is 1.24 bits per heavy atom. The summed E-state index contributed by atoms with van der Waals surface area (Å²) in [4.78, 5) is 4.15. The molecule has 0 radical (unpaired) electrons. The summed E-state index contributed by atoms with van der Waals surface area (Å²) in [6.07, 6.45) is 4.04. The number of aliphatic hydroxyl groups is 1. The highest BCUT2D eigenvalue weighted by Gasteiger charge is 2.20. The van der Waals surface area contributed by atoms with Crippen LogP contribution in [0.5, 0.6) is 11.6 Å². The SMILES string of the molecule is CCCn1ncc(OC)c1C(O)Cc1ccc(OC)nc1. The van der Waals surface area contributed by atoms with E-state index in [0.717, 1.165) is 18.5 Å². The van der Waals surface area contributed by atoms with E-state index in [4.69, 9.17) is 9.47 Å². The molecule has 0 fully saturated rings. The Morgan fingerprint density at radius 3 is 2.62 bits per heavy atom. The van der Waals surface area contributed by atoms with E-state index in [9.17, 15) is 5.11 Å². The van der Waals surface area contributed by atoms with Gasteiger partial charge in [0, 0.05) is 25.2 Å². The summed E-state index contributed by atoms with van der Waals surface area (Å²) in [5.41, 5.74) is 1.63. The molecule has 114 valence electrons. The van der Waals surface area contributed by atoms with E-state index in [2.05, 4.69) is 17.0 Å². The Kier molecular flexibility index (Phi) is 5.16. The standard InChI is InChI=1S/C15H21N3O3/c1-4-7-18-15(13(20-2)10-17-18)12(19)8-11-5-6-14(21-3)16-9-11/h5-6,9-10,12,19H,4,7-8H2,1-3H3. The maximum Gasteiger partial charge on any atom is 0.212 e. The van der Waals surface area contributed by atoms with Crippen LogP contribution in [0.1, 0.15) is 30.7 Å². The molecule has 0 spiro atoms. The van der Waals surface area contributed by atoms with Crippen LogP contribution < -0.4 is 9.47 Å².